The molecule has 6 nitrogen and oxygen atoms in total. The van der Waals surface area contributed by atoms with E-state index in [1.807, 2.05) is 0 Å². The van der Waals surface area contributed by atoms with E-state index < -0.39 is 22.8 Å². The quantitative estimate of drug-likeness (QED) is 0.625. The highest BCUT2D eigenvalue weighted by molar-refractivity contribution is 5.64. The summed E-state index contributed by atoms with van der Waals surface area (Å²) < 4.78 is 34.2. The molecule has 122 valence electrons. The highest BCUT2D eigenvalue weighted by atomic mass is 19.1. The summed E-state index contributed by atoms with van der Waals surface area (Å²) in [5, 5.41) is 23.4. The molecular weight excluding hydrogens is 303 g/mol. The number of nitrogens with zero attached hydrogens (tertiary/aromatic N) is 1. The number of rotatable bonds is 6. The Kier molecular flexibility index (Phi) is 4.01. The van der Waals surface area contributed by atoms with Gasteiger partial charge in [-0.3, -0.25) is 10.1 Å². The third kappa shape index (κ3) is 4.93. The van der Waals surface area contributed by atoms with Crippen molar-refractivity contribution >= 4 is 11.4 Å². The molecule has 0 aromatic heterocycles. The normalized spacial score (nSPS) is 13.0. The van der Waals surface area contributed by atoms with E-state index >= 15 is 0 Å². The Balaban J connectivity index is 2.36. The topological polar surface area (TPSA) is 84.6 Å². The lowest BCUT2D eigenvalue weighted by atomic mass is 10.1. The van der Waals surface area contributed by atoms with Gasteiger partial charge in [0.2, 0.25) is 0 Å². The lowest BCUT2D eigenvalue weighted by Crippen LogP contribution is -2.29. The average molecular weight is 322 g/mol. The molecule has 7 heteroatoms. The molecule has 0 unspecified atom stereocenters. The SMILES string of the molecule is [2H]C([2H])(Nc1cc(Oc2ccc(F)cc2)ccc1[N+](=O)[O-])C(C)(C)O. The van der Waals surface area contributed by atoms with E-state index in [1.54, 1.807) is 0 Å². The first kappa shape index (κ1) is 14.0. The van der Waals surface area contributed by atoms with Crippen LogP contribution in [0.5, 0.6) is 11.5 Å². The Labute approximate surface area is 135 Å². The molecule has 2 aromatic carbocycles. The Morgan fingerprint density at radius 3 is 2.48 bits per heavy atom. The molecule has 0 fully saturated rings. The Hall–Kier alpha value is -2.67. The van der Waals surface area contributed by atoms with Gasteiger partial charge in [0.05, 0.1) is 13.3 Å². The summed E-state index contributed by atoms with van der Waals surface area (Å²) in [5.41, 5.74) is -2.33. The highest BCUT2D eigenvalue weighted by Crippen LogP contribution is 2.31. The lowest BCUT2D eigenvalue weighted by Gasteiger charge is -2.18. The van der Waals surface area contributed by atoms with Crippen LogP contribution in [0, 0.1) is 15.9 Å². The summed E-state index contributed by atoms with van der Waals surface area (Å²) in [6.45, 7) is 0.141. The van der Waals surface area contributed by atoms with Gasteiger partial charge in [-0.1, -0.05) is 0 Å². The van der Waals surface area contributed by atoms with Crippen molar-refractivity contribution in [2.45, 2.75) is 19.4 Å². The van der Waals surface area contributed by atoms with Gasteiger partial charge in [-0.05, 0) is 44.2 Å². The van der Waals surface area contributed by atoms with Gasteiger partial charge in [0.15, 0.2) is 0 Å². The van der Waals surface area contributed by atoms with E-state index in [4.69, 9.17) is 7.48 Å². The number of halogens is 1. The Bertz CT molecular complexity index is 777. The van der Waals surface area contributed by atoms with Gasteiger partial charge in [-0.15, -0.1) is 0 Å². The van der Waals surface area contributed by atoms with Crippen LogP contribution in [0.3, 0.4) is 0 Å². The standard InChI is InChI=1S/C16H17FN2O4/c1-16(2,20)10-18-14-9-13(7-8-15(14)19(21)22)23-12-5-3-11(17)4-6-12/h3-9,18,20H,10H2,1-2H3/i10D2. The Morgan fingerprint density at radius 2 is 1.91 bits per heavy atom. The number of nitrogens with one attached hydrogen (secondary N) is 1. The monoisotopic (exact) mass is 322 g/mol. The van der Waals surface area contributed by atoms with Crippen molar-refractivity contribution in [1.82, 2.24) is 0 Å². The number of aliphatic hydroxyl groups is 1. The third-order valence-electron chi connectivity index (χ3n) is 2.72. The molecule has 0 amide bonds. The van der Waals surface area contributed by atoms with Crippen molar-refractivity contribution in [3.8, 4) is 11.5 Å². The van der Waals surface area contributed by atoms with E-state index in [0.717, 1.165) is 6.07 Å². The Morgan fingerprint density at radius 1 is 1.30 bits per heavy atom. The summed E-state index contributed by atoms with van der Waals surface area (Å²) in [4.78, 5) is 10.5. The number of ether oxygens (including phenoxy) is 1. The molecule has 23 heavy (non-hydrogen) atoms. The zero-order valence-corrected chi connectivity index (χ0v) is 12.5. The van der Waals surface area contributed by atoms with Crippen LogP contribution >= 0.6 is 0 Å². The van der Waals surface area contributed by atoms with Crippen LogP contribution in [0.25, 0.3) is 0 Å². The third-order valence-corrected chi connectivity index (χ3v) is 2.72. The molecule has 2 N–H and O–H groups in total. The molecule has 0 saturated carbocycles. The van der Waals surface area contributed by atoms with Crippen LogP contribution in [0.2, 0.25) is 0 Å². The van der Waals surface area contributed by atoms with Gasteiger partial charge in [0.25, 0.3) is 5.69 Å². The van der Waals surface area contributed by atoms with Gasteiger partial charge in [-0.25, -0.2) is 4.39 Å². The number of benzene rings is 2. The van der Waals surface area contributed by atoms with Gasteiger partial charge in [-0.2, -0.15) is 0 Å². The summed E-state index contributed by atoms with van der Waals surface area (Å²) in [6, 6.07) is 8.92. The minimum absolute atomic E-state index is 0.156. The first-order valence-electron chi connectivity index (χ1n) is 7.72. The van der Waals surface area contributed by atoms with E-state index in [0.29, 0.717) is 5.75 Å². The van der Waals surface area contributed by atoms with Crippen molar-refractivity contribution in [2.24, 2.45) is 0 Å². The van der Waals surface area contributed by atoms with Crippen LogP contribution in [0.15, 0.2) is 42.5 Å². The fraction of sp³-hybridized carbons (Fsp3) is 0.250. The highest BCUT2D eigenvalue weighted by Gasteiger charge is 2.18. The summed E-state index contributed by atoms with van der Waals surface area (Å²) in [6.07, 6.45) is 0. The zero-order valence-electron chi connectivity index (χ0n) is 14.5. The predicted molar refractivity (Wildman–Crippen MR) is 84.4 cm³/mol. The minimum Gasteiger partial charge on any atom is -0.457 e. The van der Waals surface area contributed by atoms with Gasteiger partial charge < -0.3 is 15.2 Å². The van der Waals surface area contributed by atoms with E-state index in [2.05, 4.69) is 5.32 Å². The van der Waals surface area contributed by atoms with Crippen LogP contribution in [-0.2, 0) is 0 Å². The molecule has 0 bridgehead atoms. The summed E-state index contributed by atoms with van der Waals surface area (Å²) in [5.74, 6) is 0.0646. The van der Waals surface area contributed by atoms with Crippen LogP contribution in [0.1, 0.15) is 16.6 Å². The molecule has 2 aromatic rings. The molecule has 0 atom stereocenters. The molecule has 0 spiro atoms. The van der Waals surface area contributed by atoms with Crippen molar-refractivity contribution < 1.29 is 21.9 Å². The molecule has 0 heterocycles. The van der Waals surface area contributed by atoms with E-state index in [-0.39, 0.29) is 17.1 Å². The van der Waals surface area contributed by atoms with Crippen molar-refractivity contribution in [2.75, 3.05) is 11.8 Å². The first-order valence-corrected chi connectivity index (χ1v) is 6.72. The molecule has 0 aliphatic rings. The molecule has 2 rings (SSSR count). The second kappa shape index (κ2) is 6.62. The number of hydrogen-bond donors (Lipinski definition) is 2. The maximum absolute atomic E-state index is 12.9. The fourth-order valence-electron chi connectivity index (χ4n) is 1.70. The van der Waals surface area contributed by atoms with Crippen LogP contribution in [-0.4, -0.2) is 22.1 Å². The maximum Gasteiger partial charge on any atom is 0.292 e. The number of nitro benzene ring substituents is 1. The molecular formula is C16H17FN2O4. The van der Waals surface area contributed by atoms with Crippen LogP contribution in [0.4, 0.5) is 15.8 Å². The van der Waals surface area contributed by atoms with Gasteiger partial charge in [0, 0.05) is 18.6 Å². The second-order valence-corrected chi connectivity index (χ2v) is 5.30. The van der Waals surface area contributed by atoms with E-state index in [9.17, 15) is 19.6 Å². The molecule has 0 aliphatic carbocycles. The average Bonchev–Trinajstić information content (AvgIpc) is 2.48. The fourth-order valence-corrected chi connectivity index (χ4v) is 1.70. The molecule has 0 aliphatic heterocycles. The number of nitro groups is 1. The van der Waals surface area contributed by atoms with Crippen LogP contribution < -0.4 is 10.1 Å². The number of anilines is 1. The predicted octanol–water partition coefficient (Wildman–Crippen LogP) is 3.71. The molecule has 0 saturated heterocycles. The van der Waals surface area contributed by atoms with E-state index in [1.165, 1.54) is 50.2 Å². The lowest BCUT2D eigenvalue weighted by molar-refractivity contribution is -0.384. The van der Waals surface area contributed by atoms with Gasteiger partial charge in [0.1, 0.15) is 23.0 Å². The minimum atomic E-state index is -2.34. The summed E-state index contributed by atoms with van der Waals surface area (Å²) >= 11 is 0. The first-order chi connectivity index (χ1) is 11.5. The maximum atomic E-state index is 12.9. The summed E-state index contributed by atoms with van der Waals surface area (Å²) in [7, 11) is 0. The molecule has 0 radical (unpaired) electrons. The van der Waals surface area contributed by atoms with Crippen molar-refractivity contribution in [3.63, 3.8) is 0 Å². The van der Waals surface area contributed by atoms with Crippen molar-refractivity contribution in [3.05, 3.63) is 58.4 Å². The van der Waals surface area contributed by atoms with Crippen molar-refractivity contribution in [1.29, 1.82) is 0 Å². The smallest absolute Gasteiger partial charge is 0.292 e. The second-order valence-electron chi connectivity index (χ2n) is 5.30. The number of hydrogen-bond acceptors (Lipinski definition) is 5. The zero-order chi connectivity index (χ0) is 18.8. The van der Waals surface area contributed by atoms with Gasteiger partial charge >= 0.3 is 0 Å². The largest absolute Gasteiger partial charge is 0.457 e.